The molecule has 0 bridgehead atoms. The van der Waals surface area contributed by atoms with Crippen molar-refractivity contribution in [3.63, 3.8) is 0 Å². The van der Waals surface area contributed by atoms with E-state index < -0.39 is 0 Å². The Morgan fingerprint density at radius 1 is 1.32 bits per heavy atom. The van der Waals surface area contributed by atoms with Gasteiger partial charge in [0.05, 0.1) is 13.2 Å². The second-order valence-corrected chi connectivity index (χ2v) is 5.62. The molecule has 1 aromatic heterocycles. The maximum absolute atomic E-state index is 6.23. The first-order chi connectivity index (χ1) is 9.31. The highest BCUT2D eigenvalue weighted by molar-refractivity contribution is 6.31. The lowest BCUT2D eigenvalue weighted by atomic mass is 10.1. The molecule has 104 valence electrons. The number of ether oxygens (including phenoxy) is 2. The normalized spacial score (nSPS) is 20.5. The third kappa shape index (κ3) is 3.81. The highest BCUT2D eigenvalue weighted by Crippen LogP contribution is 2.26. The van der Waals surface area contributed by atoms with Crippen LogP contribution in [0.4, 0.5) is 0 Å². The zero-order chi connectivity index (χ0) is 13.1. The van der Waals surface area contributed by atoms with E-state index >= 15 is 0 Å². The number of nitrogens with zero attached hydrogens (tertiary/aromatic N) is 1. The largest absolute Gasteiger partial charge is 0.473 e. The number of hydrogen-bond donors (Lipinski definition) is 1. The Labute approximate surface area is 118 Å². The molecule has 0 atom stereocenters. The van der Waals surface area contributed by atoms with Crippen LogP contribution in [-0.2, 0) is 11.3 Å². The Kier molecular flexibility index (Phi) is 4.21. The highest BCUT2D eigenvalue weighted by atomic mass is 35.5. The van der Waals surface area contributed by atoms with E-state index in [4.69, 9.17) is 21.1 Å². The van der Waals surface area contributed by atoms with Gasteiger partial charge in [-0.1, -0.05) is 11.6 Å². The minimum atomic E-state index is 0.175. The number of aromatic nitrogens is 1. The molecule has 2 fully saturated rings. The molecular weight excluding hydrogens is 264 g/mol. The van der Waals surface area contributed by atoms with Crippen LogP contribution in [0.1, 0.15) is 31.2 Å². The van der Waals surface area contributed by atoms with Gasteiger partial charge in [-0.05, 0) is 24.5 Å². The van der Waals surface area contributed by atoms with E-state index in [1.807, 2.05) is 12.3 Å². The van der Waals surface area contributed by atoms with Gasteiger partial charge in [0.15, 0.2) is 0 Å². The van der Waals surface area contributed by atoms with E-state index in [2.05, 4.69) is 10.3 Å². The molecule has 0 unspecified atom stereocenters. The van der Waals surface area contributed by atoms with Gasteiger partial charge in [0.2, 0.25) is 5.88 Å². The van der Waals surface area contributed by atoms with Crippen LogP contribution in [0.15, 0.2) is 12.3 Å². The molecule has 0 amide bonds. The first kappa shape index (κ1) is 13.2. The molecule has 0 spiro atoms. The summed E-state index contributed by atoms with van der Waals surface area (Å²) in [5.41, 5.74) is 1.11. The van der Waals surface area contributed by atoms with E-state index in [9.17, 15) is 0 Å². The van der Waals surface area contributed by atoms with Crippen molar-refractivity contribution in [2.45, 2.75) is 44.4 Å². The number of rotatable bonds is 5. The average molecular weight is 283 g/mol. The molecule has 2 heterocycles. The molecular formula is C14H19ClN2O2. The van der Waals surface area contributed by atoms with Crippen molar-refractivity contribution in [3.05, 3.63) is 22.8 Å². The molecule has 0 aromatic carbocycles. The van der Waals surface area contributed by atoms with Crippen LogP contribution in [-0.4, -0.2) is 30.3 Å². The van der Waals surface area contributed by atoms with Crippen LogP contribution in [0.2, 0.25) is 5.02 Å². The zero-order valence-electron chi connectivity index (χ0n) is 10.9. The summed E-state index contributed by atoms with van der Waals surface area (Å²) in [4.78, 5) is 4.34. The molecule has 1 saturated heterocycles. The van der Waals surface area contributed by atoms with Crippen LogP contribution in [0.3, 0.4) is 0 Å². The second-order valence-electron chi connectivity index (χ2n) is 5.22. The predicted octanol–water partition coefficient (Wildman–Crippen LogP) is 2.54. The lowest BCUT2D eigenvalue weighted by Gasteiger charge is -2.23. The maximum atomic E-state index is 6.23. The molecule has 2 aliphatic rings. The Bertz CT molecular complexity index is 431. The van der Waals surface area contributed by atoms with Crippen molar-refractivity contribution in [2.24, 2.45) is 0 Å². The SMILES string of the molecule is Clc1cc(CNC2CC2)cnc1OC1CCOCC1. The number of nitrogens with one attached hydrogen (secondary N) is 1. The first-order valence-electron chi connectivity index (χ1n) is 6.93. The smallest absolute Gasteiger partial charge is 0.232 e. The summed E-state index contributed by atoms with van der Waals surface area (Å²) in [6.07, 6.45) is 6.40. The zero-order valence-corrected chi connectivity index (χ0v) is 11.7. The van der Waals surface area contributed by atoms with Crippen LogP contribution < -0.4 is 10.1 Å². The molecule has 1 N–H and O–H groups in total. The molecule has 1 aromatic rings. The molecule has 3 rings (SSSR count). The molecule has 1 aliphatic carbocycles. The third-order valence-electron chi connectivity index (χ3n) is 3.48. The number of pyridine rings is 1. The Hall–Kier alpha value is -0.840. The molecule has 0 radical (unpaired) electrons. The summed E-state index contributed by atoms with van der Waals surface area (Å²) in [5, 5.41) is 4.04. The minimum absolute atomic E-state index is 0.175. The lowest BCUT2D eigenvalue weighted by Crippen LogP contribution is -2.26. The average Bonchev–Trinajstić information content (AvgIpc) is 3.25. The Morgan fingerprint density at radius 3 is 2.79 bits per heavy atom. The number of halogens is 1. The van der Waals surface area contributed by atoms with Crippen molar-refractivity contribution >= 4 is 11.6 Å². The summed E-state index contributed by atoms with van der Waals surface area (Å²) in [6.45, 7) is 2.34. The topological polar surface area (TPSA) is 43.4 Å². The van der Waals surface area contributed by atoms with Gasteiger partial charge in [-0.25, -0.2) is 4.98 Å². The van der Waals surface area contributed by atoms with Crippen LogP contribution in [0, 0.1) is 0 Å². The summed E-state index contributed by atoms with van der Waals surface area (Å²) in [6, 6.07) is 2.63. The molecule has 1 saturated carbocycles. The summed E-state index contributed by atoms with van der Waals surface area (Å²) < 4.78 is 11.1. The van der Waals surface area contributed by atoms with Crippen molar-refractivity contribution in [3.8, 4) is 5.88 Å². The van der Waals surface area contributed by atoms with Gasteiger partial charge in [0.1, 0.15) is 11.1 Å². The Morgan fingerprint density at radius 2 is 2.11 bits per heavy atom. The fourth-order valence-corrected chi connectivity index (χ4v) is 2.38. The van der Waals surface area contributed by atoms with Crippen LogP contribution in [0.5, 0.6) is 5.88 Å². The lowest BCUT2D eigenvalue weighted by molar-refractivity contribution is 0.0237. The highest BCUT2D eigenvalue weighted by Gasteiger charge is 2.20. The molecule has 4 nitrogen and oxygen atoms in total. The summed E-state index contributed by atoms with van der Waals surface area (Å²) >= 11 is 6.23. The van der Waals surface area contributed by atoms with Crippen molar-refractivity contribution in [1.82, 2.24) is 10.3 Å². The molecule has 19 heavy (non-hydrogen) atoms. The van der Waals surface area contributed by atoms with E-state index in [0.717, 1.165) is 38.2 Å². The minimum Gasteiger partial charge on any atom is -0.473 e. The first-order valence-corrected chi connectivity index (χ1v) is 7.31. The van der Waals surface area contributed by atoms with E-state index in [1.165, 1.54) is 12.8 Å². The third-order valence-corrected chi connectivity index (χ3v) is 3.75. The van der Waals surface area contributed by atoms with Crippen molar-refractivity contribution in [1.29, 1.82) is 0 Å². The quantitative estimate of drug-likeness (QED) is 0.901. The molecule has 5 heteroatoms. The van der Waals surface area contributed by atoms with Gasteiger partial charge in [-0.3, -0.25) is 0 Å². The van der Waals surface area contributed by atoms with E-state index in [1.54, 1.807) is 0 Å². The van der Waals surface area contributed by atoms with Gasteiger partial charge in [0, 0.05) is 31.6 Å². The van der Waals surface area contributed by atoms with Gasteiger partial charge < -0.3 is 14.8 Å². The van der Waals surface area contributed by atoms with Gasteiger partial charge in [0.25, 0.3) is 0 Å². The fourth-order valence-electron chi connectivity index (χ4n) is 2.15. The van der Waals surface area contributed by atoms with Crippen molar-refractivity contribution in [2.75, 3.05) is 13.2 Å². The maximum Gasteiger partial charge on any atom is 0.232 e. The van der Waals surface area contributed by atoms with Gasteiger partial charge in [-0.15, -0.1) is 0 Å². The monoisotopic (exact) mass is 282 g/mol. The summed E-state index contributed by atoms with van der Waals surface area (Å²) in [7, 11) is 0. The molecule has 1 aliphatic heterocycles. The Balaban J connectivity index is 1.58. The van der Waals surface area contributed by atoms with Gasteiger partial charge in [-0.2, -0.15) is 0 Å². The predicted molar refractivity (Wildman–Crippen MR) is 73.6 cm³/mol. The summed E-state index contributed by atoms with van der Waals surface area (Å²) in [5.74, 6) is 0.545. The van der Waals surface area contributed by atoms with Crippen LogP contribution >= 0.6 is 11.6 Å². The fraction of sp³-hybridized carbons (Fsp3) is 0.643. The standard InChI is InChI=1S/C14H19ClN2O2/c15-13-7-10(8-16-11-1-2-11)9-17-14(13)19-12-3-5-18-6-4-12/h7,9,11-12,16H,1-6,8H2. The van der Waals surface area contributed by atoms with Crippen molar-refractivity contribution < 1.29 is 9.47 Å². The van der Waals surface area contributed by atoms with E-state index in [-0.39, 0.29) is 6.10 Å². The van der Waals surface area contributed by atoms with E-state index in [0.29, 0.717) is 16.9 Å². The number of hydrogen-bond acceptors (Lipinski definition) is 4. The van der Waals surface area contributed by atoms with Gasteiger partial charge >= 0.3 is 0 Å². The van der Waals surface area contributed by atoms with Crippen LogP contribution in [0.25, 0.3) is 0 Å². The second kappa shape index (κ2) is 6.07.